The number of benzene rings is 1. The number of carbonyl (C=O) groups excluding carboxylic acids is 1. The highest BCUT2D eigenvalue weighted by Gasteiger charge is 2.34. The monoisotopic (exact) mass is 396 g/mol. The molecule has 0 bridgehead atoms. The van der Waals surface area contributed by atoms with E-state index in [1.54, 1.807) is 27.7 Å². The quantitative estimate of drug-likeness (QED) is 0.515. The van der Waals surface area contributed by atoms with Crippen LogP contribution in [0, 0.1) is 5.92 Å². The highest BCUT2D eigenvalue weighted by molar-refractivity contribution is 5.81. The predicted molar refractivity (Wildman–Crippen MR) is 91.5 cm³/mol. The van der Waals surface area contributed by atoms with Crippen molar-refractivity contribution in [3.05, 3.63) is 29.3 Å². The summed E-state index contributed by atoms with van der Waals surface area (Å²) in [5.74, 6) is -1.06. The Bertz CT molecular complexity index is 614. The molecule has 0 aliphatic carbocycles. The molecule has 27 heavy (non-hydrogen) atoms. The molecule has 0 fully saturated rings. The van der Waals surface area contributed by atoms with Gasteiger partial charge in [0.1, 0.15) is 19.0 Å². The van der Waals surface area contributed by atoms with Gasteiger partial charge in [0.25, 0.3) is 0 Å². The number of rotatable bonds is 10. The number of hydrogen-bond acceptors (Lipinski definition) is 3. The minimum absolute atomic E-state index is 0.0956. The number of hydrogen-bond donors (Lipinski definition) is 0. The van der Waals surface area contributed by atoms with Crippen LogP contribution in [0.25, 0.3) is 0 Å². The Labute approximate surface area is 155 Å². The number of halogens is 5. The SMILES string of the molecule is CC(C)C(=O)COCC(F)C(F)COc1ccc(C(C)C)c(C(F)(F)F)c1. The van der Waals surface area contributed by atoms with Crippen molar-refractivity contribution >= 4 is 5.78 Å². The molecular formula is C19H25F5O3. The van der Waals surface area contributed by atoms with E-state index in [1.165, 1.54) is 12.1 Å². The summed E-state index contributed by atoms with van der Waals surface area (Å²) in [6.45, 7) is 4.84. The first-order chi connectivity index (χ1) is 12.4. The summed E-state index contributed by atoms with van der Waals surface area (Å²) in [5, 5.41) is 0. The Hall–Kier alpha value is -1.70. The topological polar surface area (TPSA) is 35.5 Å². The third-order valence-corrected chi connectivity index (χ3v) is 3.92. The molecule has 0 spiro atoms. The van der Waals surface area contributed by atoms with Gasteiger partial charge in [0.05, 0.1) is 12.2 Å². The van der Waals surface area contributed by atoms with Gasteiger partial charge in [-0.25, -0.2) is 8.78 Å². The van der Waals surface area contributed by atoms with Crippen molar-refractivity contribution in [2.24, 2.45) is 5.92 Å². The molecule has 0 saturated heterocycles. The molecule has 154 valence electrons. The van der Waals surface area contributed by atoms with Crippen molar-refractivity contribution in [1.82, 2.24) is 0 Å². The van der Waals surface area contributed by atoms with Gasteiger partial charge >= 0.3 is 6.18 Å². The van der Waals surface area contributed by atoms with E-state index >= 15 is 0 Å². The fourth-order valence-electron chi connectivity index (χ4n) is 2.20. The van der Waals surface area contributed by atoms with Gasteiger partial charge in [0.15, 0.2) is 18.1 Å². The molecule has 0 N–H and O–H groups in total. The van der Waals surface area contributed by atoms with E-state index in [0.717, 1.165) is 6.07 Å². The van der Waals surface area contributed by atoms with E-state index in [0.29, 0.717) is 0 Å². The first-order valence-corrected chi connectivity index (χ1v) is 8.66. The van der Waals surface area contributed by atoms with Crippen molar-refractivity contribution in [3.8, 4) is 5.75 Å². The standard InChI is InChI=1S/C19H25F5O3/c1-11(2)14-6-5-13(7-15(14)19(22,23)24)27-9-17(21)16(20)8-26-10-18(25)12(3)4/h5-7,11-12,16-17H,8-10H2,1-4H3. The van der Waals surface area contributed by atoms with Gasteiger partial charge in [-0.3, -0.25) is 4.79 Å². The Morgan fingerprint density at radius 3 is 2.15 bits per heavy atom. The van der Waals surface area contributed by atoms with Gasteiger partial charge < -0.3 is 9.47 Å². The van der Waals surface area contributed by atoms with Crippen molar-refractivity contribution < 1.29 is 36.2 Å². The smallest absolute Gasteiger partial charge is 0.416 e. The molecule has 0 aliphatic rings. The van der Waals surface area contributed by atoms with E-state index in [-0.39, 0.29) is 35.5 Å². The molecule has 2 unspecified atom stereocenters. The van der Waals surface area contributed by atoms with Crippen LogP contribution in [0.15, 0.2) is 18.2 Å². The van der Waals surface area contributed by atoms with Gasteiger partial charge in [-0.1, -0.05) is 33.8 Å². The summed E-state index contributed by atoms with van der Waals surface area (Å²) in [6, 6.07) is 3.35. The number of Topliss-reactive ketones (excluding diaryl/α,β-unsaturated/α-hetero) is 1. The van der Waals surface area contributed by atoms with Gasteiger partial charge in [0, 0.05) is 5.92 Å². The van der Waals surface area contributed by atoms with E-state index in [4.69, 9.17) is 9.47 Å². The van der Waals surface area contributed by atoms with Crippen LogP contribution in [0.4, 0.5) is 22.0 Å². The maximum atomic E-state index is 13.8. The van der Waals surface area contributed by atoms with E-state index < -0.39 is 37.3 Å². The Balaban J connectivity index is 2.63. The first kappa shape index (κ1) is 23.3. The molecule has 1 rings (SSSR count). The zero-order valence-corrected chi connectivity index (χ0v) is 15.8. The lowest BCUT2D eigenvalue weighted by Gasteiger charge is -2.18. The molecule has 8 heteroatoms. The summed E-state index contributed by atoms with van der Waals surface area (Å²) in [5.41, 5.74) is -0.768. The number of ketones is 1. The summed E-state index contributed by atoms with van der Waals surface area (Å²) in [4.78, 5) is 11.3. The number of alkyl halides is 5. The Morgan fingerprint density at radius 2 is 1.63 bits per heavy atom. The van der Waals surface area contributed by atoms with Gasteiger partial charge in [0.2, 0.25) is 0 Å². The normalized spacial score (nSPS) is 14.5. The lowest BCUT2D eigenvalue weighted by atomic mass is 9.96. The maximum absolute atomic E-state index is 13.8. The van der Waals surface area contributed by atoms with E-state index in [2.05, 4.69) is 0 Å². The third-order valence-electron chi connectivity index (χ3n) is 3.92. The average Bonchev–Trinajstić information content (AvgIpc) is 2.58. The van der Waals surface area contributed by atoms with Gasteiger partial charge in [-0.05, 0) is 23.6 Å². The van der Waals surface area contributed by atoms with Crippen molar-refractivity contribution in [3.63, 3.8) is 0 Å². The molecular weight excluding hydrogens is 371 g/mol. The largest absolute Gasteiger partial charge is 0.490 e. The highest BCUT2D eigenvalue weighted by Crippen LogP contribution is 2.37. The molecule has 0 aliphatic heterocycles. The first-order valence-electron chi connectivity index (χ1n) is 8.66. The fourth-order valence-corrected chi connectivity index (χ4v) is 2.20. The lowest BCUT2D eigenvalue weighted by molar-refractivity contribution is -0.138. The van der Waals surface area contributed by atoms with Crippen LogP contribution in [0.5, 0.6) is 5.75 Å². The fraction of sp³-hybridized carbons (Fsp3) is 0.632. The van der Waals surface area contributed by atoms with Crippen molar-refractivity contribution in [2.75, 3.05) is 19.8 Å². The second kappa shape index (κ2) is 10.0. The van der Waals surface area contributed by atoms with Crippen LogP contribution in [-0.2, 0) is 15.7 Å². The van der Waals surface area contributed by atoms with E-state index in [9.17, 15) is 26.7 Å². The Kier molecular flexibility index (Phi) is 8.65. The van der Waals surface area contributed by atoms with Gasteiger partial charge in [-0.2, -0.15) is 13.2 Å². The van der Waals surface area contributed by atoms with Crippen LogP contribution >= 0.6 is 0 Å². The molecule has 1 aromatic carbocycles. The van der Waals surface area contributed by atoms with Crippen molar-refractivity contribution in [2.45, 2.75) is 52.1 Å². The molecule has 0 heterocycles. The average molecular weight is 396 g/mol. The Morgan fingerprint density at radius 1 is 1.04 bits per heavy atom. The summed E-state index contributed by atoms with van der Waals surface area (Å²) < 4.78 is 76.8. The zero-order chi connectivity index (χ0) is 20.8. The second-order valence-electron chi connectivity index (χ2n) is 6.88. The van der Waals surface area contributed by atoms with Crippen LogP contribution in [-0.4, -0.2) is 37.9 Å². The third kappa shape index (κ3) is 7.44. The molecule has 0 radical (unpaired) electrons. The van der Waals surface area contributed by atoms with Crippen LogP contribution in [0.3, 0.4) is 0 Å². The number of ether oxygens (including phenoxy) is 2. The van der Waals surface area contributed by atoms with Crippen LogP contribution in [0.1, 0.15) is 44.7 Å². The van der Waals surface area contributed by atoms with Crippen LogP contribution < -0.4 is 4.74 Å². The summed E-state index contributed by atoms with van der Waals surface area (Å²) in [6.07, 6.45) is -8.73. The minimum Gasteiger partial charge on any atom is -0.490 e. The molecule has 0 amide bonds. The molecule has 3 nitrogen and oxygen atoms in total. The summed E-state index contributed by atoms with van der Waals surface area (Å²) >= 11 is 0. The molecule has 2 atom stereocenters. The maximum Gasteiger partial charge on any atom is 0.416 e. The second-order valence-corrected chi connectivity index (χ2v) is 6.88. The molecule has 1 aromatic rings. The molecule has 0 aromatic heterocycles. The predicted octanol–water partition coefficient (Wildman–Crippen LogP) is 5.13. The number of carbonyl (C=O) groups is 1. The zero-order valence-electron chi connectivity index (χ0n) is 15.8. The van der Waals surface area contributed by atoms with Crippen LogP contribution in [0.2, 0.25) is 0 Å². The lowest BCUT2D eigenvalue weighted by Crippen LogP contribution is -2.30. The van der Waals surface area contributed by atoms with E-state index in [1.807, 2.05) is 0 Å². The highest BCUT2D eigenvalue weighted by atomic mass is 19.4. The van der Waals surface area contributed by atoms with Gasteiger partial charge in [-0.15, -0.1) is 0 Å². The van der Waals surface area contributed by atoms with Crippen molar-refractivity contribution in [1.29, 1.82) is 0 Å². The molecule has 0 saturated carbocycles. The minimum atomic E-state index is -4.58. The summed E-state index contributed by atoms with van der Waals surface area (Å²) in [7, 11) is 0.